The maximum absolute atomic E-state index is 12.3. The molecule has 0 saturated heterocycles. The van der Waals surface area contributed by atoms with E-state index in [0.29, 0.717) is 17.9 Å². The second-order valence-electron chi connectivity index (χ2n) is 5.26. The summed E-state index contributed by atoms with van der Waals surface area (Å²) in [5.41, 5.74) is 8.89. The van der Waals surface area contributed by atoms with Gasteiger partial charge in [0.25, 0.3) is 5.91 Å². The molecule has 3 N–H and O–H groups in total. The van der Waals surface area contributed by atoms with Gasteiger partial charge in [-0.3, -0.25) is 9.48 Å². The number of nitrogens with two attached hydrogens (primary N) is 1. The molecule has 20 heavy (non-hydrogen) atoms. The molecule has 2 aromatic heterocycles. The third kappa shape index (κ3) is 2.84. The van der Waals surface area contributed by atoms with Crippen molar-refractivity contribution in [3.8, 4) is 0 Å². The first-order valence-electron chi connectivity index (χ1n) is 6.63. The summed E-state index contributed by atoms with van der Waals surface area (Å²) < 4.78 is 3.62. The molecule has 0 spiro atoms. The van der Waals surface area contributed by atoms with E-state index in [1.54, 1.807) is 16.9 Å². The van der Waals surface area contributed by atoms with Crippen LogP contribution in [-0.4, -0.2) is 20.3 Å². The minimum atomic E-state index is -0.126. The van der Waals surface area contributed by atoms with Crippen molar-refractivity contribution in [1.29, 1.82) is 0 Å². The predicted molar refractivity (Wildman–Crippen MR) is 78.3 cm³/mol. The minimum absolute atomic E-state index is 0.126. The molecule has 2 rings (SSSR count). The Morgan fingerprint density at radius 1 is 1.45 bits per heavy atom. The van der Waals surface area contributed by atoms with Gasteiger partial charge in [-0.25, -0.2) is 0 Å². The third-order valence-corrected chi connectivity index (χ3v) is 3.21. The van der Waals surface area contributed by atoms with Gasteiger partial charge in [-0.1, -0.05) is 0 Å². The second-order valence-corrected chi connectivity index (χ2v) is 5.26. The Morgan fingerprint density at radius 2 is 2.15 bits per heavy atom. The molecular formula is C14H21N5O. The molecule has 0 aromatic carbocycles. The lowest BCUT2D eigenvalue weighted by Gasteiger charge is -2.12. The highest BCUT2D eigenvalue weighted by Crippen LogP contribution is 2.16. The van der Waals surface area contributed by atoms with Crippen molar-refractivity contribution in [1.82, 2.24) is 19.7 Å². The molecular weight excluding hydrogens is 254 g/mol. The van der Waals surface area contributed by atoms with Crippen LogP contribution in [0.4, 0.5) is 5.69 Å². The molecule has 0 bridgehead atoms. The number of aromatic nitrogens is 3. The fraction of sp³-hybridized carbons (Fsp3) is 0.429. The molecule has 0 radical (unpaired) electrons. The highest BCUT2D eigenvalue weighted by Gasteiger charge is 2.15. The normalized spacial score (nSPS) is 11.1. The molecule has 0 atom stereocenters. The van der Waals surface area contributed by atoms with E-state index in [4.69, 9.17) is 5.73 Å². The molecule has 6 heteroatoms. The summed E-state index contributed by atoms with van der Waals surface area (Å²) in [6, 6.07) is 1.89. The van der Waals surface area contributed by atoms with Crippen molar-refractivity contribution in [2.24, 2.45) is 7.05 Å². The molecule has 0 aliphatic heterocycles. The molecule has 0 unspecified atom stereocenters. The van der Waals surface area contributed by atoms with E-state index in [9.17, 15) is 4.79 Å². The Kier molecular flexibility index (Phi) is 3.83. The number of nitrogens with one attached hydrogen (secondary N) is 1. The number of amides is 1. The van der Waals surface area contributed by atoms with Crippen molar-refractivity contribution in [2.45, 2.75) is 33.4 Å². The molecule has 0 aliphatic carbocycles. The number of carbonyl (C=O) groups is 1. The molecule has 1 amide bonds. The van der Waals surface area contributed by atoms with Crippen LogP contribution in [0.15, 0.2) is 18.5 Å². The van der Waals surface area contributed by atoms with Gasteiger partial charge in [0, 0.05) is 37.6 Å². The minimum Gasteiger partial charge on any atom is -0.397 e. The standard InChI is InChI=1S/C14H21N5O/c1-9(2)19-8-12(15)5-13(19)14(20)16-6-11-7-18(4)17-10(11)3/h5,7-9H,6,15H2,1-4H3,(H,16,20). The summed E-state index contributed by atoms with van der Waals surface area (Å²) in [7, 11) is 1.86. The van der Waals surface area contributed by atoms with Crippen LogP contribution in [0.3, 0.4) is 0 Å². The lowest BCUT2D eigenvalue weighted by atomic mass is 10.2. The van der Waals surface area contributed by atoms with Gasteiger partial charge in [-0.05, 0) is 26.8 Å². The average Bonchev–Trinajstić information content (AvgIpc) is 2.89. The number of anilines is 1. The summed E-state index contributed by atoms with van der Waals surface area (Å²) in [6.07, 6.45) is 3.69. The summed E-state index contributed by atoms with van der Waals surface area (Å²) in [4.78, 5) is 12.3. The van der Waals surface area contributed by atoms with Gasteiger partial charge in [-0.15, -0.1) is 0 Å². The lowest BCUT2D eigenvalue weighted by Crippen LogP contribution is -2.26. The van der Waals surface area contributed by atoms with Gasteiger partial charge in [0.15, 0.2) is 0 Å². The summed E-state index contributed by atoms with van der Waals surface area (Å²) in [5, 5.41) is 7.16. The zero-order chi connectivity index (χ0) is 14.9. The fourth-order valence-corrected chi connectivity index (χ4v) is 2.20. The molecule has 0 saturated carbocycles. The molecule has 2 heterocycles. The first-order valence-corrected chi connectivity index (χ1v) is 6.63. The Bertz CT molecular complexity index is 624. The fourth-order valence-electron chi connectivity index (χ4n) is 2.20. The topological polar surface area (TPSA) is 77.9 Å². The van der Waals surface area contributed by atoms with Crippen molar-refractivity contribution in [3.05, 3.63) is 35.4 Å². The molecule has 0 fully saturated rings. The van der Waals surface area contributed by atoms with E-state index in [-0.39, 0.29) is 11.9 Å². The Balaban J connectivity index is 2.11. The van der Waals surface area contributed by atoms with Crippen LogP contribution in [0.25, 0.3) is 0 Å². The molecule has 0 aliphatic rings. The number of nitrogens with zero attached hydrogens (tertiary/aromatic N) is 3. The van der Waals surface area contributed by atoms with Gasteiger partial charge >= 0.3 is 0 Å². The zero-order valence-electron chi connectivity index (χ0n) is 12.3. The van der Waals surface area contributed by atoms with E-state index in [2.05, 4.69) is 10.4 Å². The zero-order valence-corrected chi connectivity index (χ0v) is 12.3. The lowest BCUT2D eigenvalue weighted by molar-refractivity contribution is 0.0940. The molecule has 2 aromatic rings. The van der Waals surface area contributed by atoms with E-state index in [1.165, 1.54) is 0 Å². The SMILES string of the molecule is Cc1nn(C)cc1CNC(=O)c1cc(N)cn1C(C)C. The van der Waals surface area contributed by atoms with E-state index in [1.807, 2.05) is 38.6 Å². The highest BCUT2D eigenvalue weighted by molar-refractivity contribution is 5.93. The third-order valence-electron chi connectivity index (χ3n) is 3.21. The van der Waals surface area contributed by atoms with Gasteiger partial charge in [0.2, 0.25) is 0 Å². The average molecular weight is 275 g/mol. The summed E-state index contributed by atoms with van der Waals surface area (Å²) >= 11 is 0. The Morgan fingerprint density at radius 3 is 2.70 bits per heavy atom. The van der Waals surface area contributed by atoms with Gasteiger partial charge in [0.1, 0.15) is 5.69 Å². The maximum Gasteiger partial charge on any atom is 0.268 e. The Labute approximate surface area is 118 Å². The predicted octanol–water partition coefficient (Wildman–Crippen LogP) is 1.62. The van der Waals surface area contributed by atoms with E-state index in [0.717, 1.165) is 11.3 Å². The highest BCUT2D eigenvalue weighted by atomic mass is 16.1. The van der Waals surface area contributed by atoms with Gasteiger partial charge in [-0.2, -0.15) is 5.10 Å². The van der Waals surface area contributed by atoms with E-state index < -0.39 is 0 Å². The number of aryl methyl sites for hydroxylation is 2. The van der Waals surface area contributed by atoms with Crippen LogP contribution < -0.4 is 11.1 Å². The van der Waals surface area contributed by atoms with Crippen molar-refractivity contribution >= 4 is 11.6 Å². The van der Waals surface area contributed by atoms with Crippen LogP contribution in [0.2, 0.25) is 0 Å². The number of hydrogen-bond donors (Lipinski definition) is 2. The van der Waals surface area contributed by atoms with Crippen LogP contribution >= 0.6 is 0 Å². The summed E-state index contributed by atoms with van der Waals surface area (Å²) in [6.45, 7) is 6.42. The van der Waals surface area contributed by atoms with Crippen LogP contribution in [-0.2, 0) is 13.6 Å². The smallest absolute Gasteiger partial charge is 0.268 e. The van der Waals surface area contributed by atoms with Gasteiger partial charge in [0.05, 0.1) is 11.4 Å². The van der Waals surface area contributed by atoms with Gasteiger partial charge < -0.3 is 15.6 Å². The Hall–Kier alpha value is -2.24. The molecule has 108 valence electrons. The van der Waals surface area contributed by atoms with Crippen molar-refractivity contribution < 1.29 is 4.79 Å². The number of rotatable bonds is 4. The van der Waals surface area contributed by atoms with E-state index >= 15 is 0 Å². The van der Waals surface area contributed by atoms with Crippen LogP contribution in [0.5, 0.6) is 0 Å². The number of carbonyl (C=O) groups excluding carboxylic acids is 1. The number of nitrogen functional groups attached to an aromatic ring is 1. The largest absolute Gasteiger partial charge is 0.397 e. The monoisotopic (exact) mass is 275 g/mol. The van der Waals surface area contributed by atoms with Crippen LogP contribution in [0, 0.1) is 6.92 Å². The van der Waals surface area contributed by atoms with Crippen LogP contribution in [0.1, 0.15) is 41.6 Å². The first-order chi connectivity index (χ1) is 9.38. The first kappa shape index (κ1) is 14.2. The maximum atomic E-state index is 12.3. The van der Waals surface area contributed by atoms with Crippen molar-refractivity contribution in [3.63, 3.8) is 0 Å². The second kappa shape index (κ2) is 5.40. The molecule has 6 nitrogen and oxygen atoms in total. The quantitative estimate of drug-likeness (QED) is 0.890. The number of hydrogen-bond acceptors (Lipinski definition) is 3. The summed E-state index contributed by atoms with van der Waals surface area (Å²) in [5.74, 6) is -0.126. The van der Waals surface area contributed by atoms with Crippen molar-refractivity contribution in [2.75, 3.05) is 5.73 Å².